The van der Waals surface area contributed by atoms with Crippen LogP contribution in [0.5, 0.6) is 0 Å². The smallest absolute Gasteiger partial charge is 0.289 e. The number of nitrogens with zero attached hydrogens (tertiary/aromatic N) is 3. The van der Waals surface area contributed by atoms with Gasteiger partial charge in [0.1, 0.15) is 5.82 Å². The fourth-order valence-corrected chi connectivity index (χ4v) is 2.94. The van der Waals surface area contributed by atoms with Gasteiger partial charge in [0, 0.05) is 58.2 Å². The number of methoxy groups -OCH3 is 1. The van der Waals surface area contributed by atoms with E-state index in [-0.39, 0.29) is 11.8 Å². The minimum Gasteiger partial charge on any atom is -0.459 e. The van der Waals surface area contributed by atoms with E-state index < -0.39 is 0 Å². The molecule has 8 heteroatoms. The number of amides is 2. The van der Waals surface area contributed by atoms with Gasteiger partial charge in [-0.3, -0.25) is 9.59 Å². The Morgan fingerprint density at radius 2 is 1.93 bits per heavy atom. The summed E-state index contributed by atoms with van der Waals surface area (Å²) in [6.45, 7) is 3.35. The number of carbonyl (C=O) groups is 2. The molecule has 27 heavy (non-hydrogen) atoms. The second-order valence-corrected chi connectivity index (χ2v) is 6.26. The molecule has 8 nitrogen and oxygen atoms in total. The summed E-state index contributed by atoms with van der Waals surface area (Å²) in [5, 5.41) is 3.19. The standard InChI is InChI=1S/C19H24N4O4/c1-26-12-3-6-20-17-14-15(5-7-21-17)18(24)22-8-10-23(11-9-22)19(25)16-4-2-13-27-16/h2,4-5,7,13-14H,3,6,8-12H2,1H3,(H,20,21). The van der Waals surface area contributed by atoms with E-state index in [0.717, 1.165) is 13.0 Å². The van der Waals surface area contributed by atoms with Crippen molar-refractivity contribution in [1.29, 1.82) is 0 Å². The highest BCUT2D eigenvalue weighted by Gasteiger charge is 2.26. The van der Waals surface area contributed by atoms with Gasteiger partial charge in [-0.1, -0.05) is 0 Å². The molecule has 0 saturated carbocycles. The maximum atomic E-state index is 12.8. The summed E-state index contributed by atoms with van der Waals surface area (Å²) in [6.07, 6.45) is 3.97. The summed E-state index contributed by atoms with van der Waals surface area (Å²) >= 11 is 0. The molecule has 2 amide bonds. The SMILES string of the molecule is COCCCNc1cc(C(=O)N2CCN(C(=O)c3ccco3)CC2)ccn1. The van der Waals surface area contributed by atoms with Crippen LogP contribution in [0.25, 0.3) is 0 Å². The van der Waals surface area contributed by atoms with Crippen LogP contribution in [0.2, 0.25) is 0 Å². The lowest BCUT2D eigenvalue weighted by Gasteiger charge is -2.34. The Hall–Kier alpha value is -2.87. The van der Waals surface area contributed by atoms with Gasteiger partial charge in [0.05, 0.1) is 6.26 Å². The predicted molar refractivity (Wildman–Crippen MR) is 99.7 cm³/mol. The first-order chi connectivity index (χ1) is 13.2. The van der Waals surface area contributed by atoms with Gasteiger partial charge in [-0.25, -0.2) is 4.98 Å². The molecule has 2 aromatic heterocycles. The Labute approximate surface area is 158 Å². The number of carbonyl (C=O) groups excluding carboxylic acids is 2. The summed E-state index contributed by atoms with van der Waals surface area (Å²) in [5.41, 5.74) is 0.588. The largest absolute Gasteiger partial charge is 0.459 e. The van der Waals surface area contributed by atoms with Gasteiger partial charge in [0.15, 0.2) is 5.76 Å². The molecule has 1 aliphatic rings. The molecular formula is C19H24N4O4. The number of hydrogen-bond acceptors (Lipinski definition) is 6. The van der Waals surface area contributed by atoms with Crippen molar-refractivity contribution in [2.45, 2.75) is 6.42 Å². The third-order valence-corrected chi connectivity index (χ3v) is 4.42. The van der Waals surface area contributed by atoms with Gasteiger partial charge >= 0.3 is 0 Å². The number of pyridine rings is 1. The van der Waals surface area contributed by atoms with E-state index >= 15 is 0 Å². The van der Waals surface area contributed by atoms with Gasteiger partial charge in [-0.05, 0) is 30.7 Å². The zero-order chi connectivity index (χ0) is 19.1. The number of ether oxygens (including phenoxy) is 1. The predicted octanol–water partition coefficient (Wildman–Crippen LogP) is 1.72. The fraction of sp³-hybridized carbons (Fsp3) is 0.421. The number of anilines is 1. The molecule has 3 heterocycles. The topological polar surface area (TPSA) is 87.9 Å². The van der Waals surface area contributed by atoms with E-state index in [9.17, 15) is 9.59 Å². The lowest BCUT2D eigenvalue weighted by Crippen LogP contribution is -2.50. The van der Waals surface area contributed by atoms with Crippen LogP contribution in [0.1, 0.15) is 27.3 Å². The molecule has 0 radical (unpaired) electrons. The molecule has 1 saturated heterocycles. The Morgan fingerprint density at radius 3 is 2.59 bits per heavy atom. The number of nitrogens with one attached hydrogen (secondary N) is 1. The number of hydrogen-bond donors (Lipinski definition) is 1. The molecule has 1 fully saturated rings. The van der Waals surface area contributed by atoms with E-state index in [2.05, 4.69) is 10.3 Å². The van der Waals surface area contributed by atoms with Gasteiger partial charge in [0.2, 0.25) is 0 Å². The highest BCUT2D eigenvalue weighted by molar-refractivity contribution is 5.95. The van der Waals surface area contributed by atoms with Crippen molar-refractivity contribution in [3.8, 4) is 0 Å². The second kappa shape index (κ2) is 9.18. The molecule has 0 unspecified atom stereocenters. The zero-order valence-corrected chi connectivity index (χ0v) is 15.4. The maximum Gasteiger partial charge on any atom is 0.289 e. The summed E-state index contributed by atoms with van der Waals surface area (Å²) in [7, 11) is 1.67. The van der Waals surface area contributed by atoms with Gasteiger partial charge < -0.3 is 24.3 Å². The van der Waals surface area contributed by atoms with Crippen molar-refractivity contribution in [1.82, 2.24) is 14.8 Å². The fourth-order valence-electron chi connectivity index (χ4n) is 2.94. The summed E-state index contributed by atoms with van der Waals surface area (Å²) in [6, 6.07) is 6.81. The average Bonchev–Trinajstić information content (AvgIpc) is 3.25. The van der Waals surface area contributed by atoms with Crippen molar-refractivity contribution < 1.29 is 18.7 Å². The molecule has 2 aromatic rings. The van der Waals surface area contributed by atoms with Gasteiger partial charge in [-0.2, -0.15) is 0 Å². The first kappa shape index (κ1) is 18.9. The monoisotopic (exact) mass is 372 g/mol. The third-order valence-electron chi connectivity index (χ3n) is 4.42. The van der Waals surface area contributed by atoms with Crippen LogP contribution in [0, 0.1) is 0 Å². The molecule has 1 aliphatic heterocycles. The lowest BCUT2D eigenvalue weighted by atomic mass is 10.2. The molecule has 0 bridgehead atoms. The van der Waals surface area contributed by atoms with Crippen LogP contribution in [0.4, 0.5) is 5.82 Å². The van der Waals surface area contributed by atoms with Crippen molar-refractivity contribution in [3.05, 3.63) is 48.0 Å². The molecular weight excluding hydrogens is 348 g/mol. The highest BCUT2D eigenvalue weighted by atomic mass is 16.5. The number of piperazine rings is 1. The Morgan fingerprint density at radius 1 is 1.19 bits per heavy atom. The summed E-state index contributed by atoms with van der Waals surface area (Å²) in [4.78, 5) is 32.8. The van der Waals surface area contributed by atoms with E-state index in [1.807, 2.05) is 0 Å². The number of aromatic nitrogens is 1. The van der Waals surface area contributed by atoms with E-state index in [4.69, 9.17) is 9.15 Å². The number of furan rings is 1. The molecule has 0 atom stereocenters. The number of rotatable bonds is 7. The van der Waals surface area contributed by atoms with Crippen LogP contribution in [0.15, 0.2) is 41.1 Å². The Balaban J connectivity index is 1.54. The molecule has 1 N–H and O–H groups in total. The van der Waals surface area contributed by atoms with Crippen LogP contribution in [0.3, 0.4) is 0 Å². The Bertz CT molecular complexity index is 755. The minimum absolute atomic E-state index is 0.0533. The van der Waals surface area contributed by atoms with Gasteiger partial charge in [-0.15, -0.1) is 0 Å². The van der Waals surface area contributed by atoms with Crippen LogP contribution >= 0.6 is 0 Å². The van der Waals surface area contributed by atoms with Crippen molar-refractivity contribution in [2.75, 3.05) is 51.8 Å². The molecule has 0 spiro atoms. The third kappa shape index (κ3) is 4.85. The van der Waals surface area contributed by atoms with E-state index in [1.165, 1.54) is 6.26 Å². The summed E-state index contributed by atoms with van der Waals surface area (Å²) in [5.74, 6) is 0.803. The first-order valence-corrected chi connectivity index (χ1v) is 9.00. The highest BCUT2D eigenvalue weighted by Crippen LogP contribution is 2.14. The minimum atomic E-state index is -0.140. The maximum absolute atomic E-state index is 12.8. The zero-order valence-electron chi connectivity index (χ0n) is 15.4. The van der Waals surface area contributed by atoms with Crippen LogP contribution in [-0.4, -0.2) is 73.0 Å². The molecule has 0 aliphatic carbocycles. The van der Waals surface area contributed by atoms with Crippen LogP contribution < -0.4 is 5.32 Å². The average molecular weight is 372 g/mol. The normalized spacial score (nSPS) is 14.3. The summed E-state index contributed by atoms with van der Waals surface area (Å²) < 4.78 is 10.2. The second-order valence-electron chi connectivity index (χ2n) is 6.26. The van der Waals surface area contributed by atoms with Crippen LogP contribution in [-0.2, 0) is 4.74 Å². The molecule has 3 rings (SSSR count). The van der Waals surface area contributed by atoms with Gasteiger partial charge in [0.25, 0.3) is 11.8 Å². The quantitative estimate of drug-likeness (QED) is 0.745. The molecule has 0 aromatic carbocycles. The van der Waals surface area contributed by atoms with Crippen molar-refractivity contribution >= 4 is 17.6 Å². The van der Waals surface area contributed by atoms with E-state index in [1.54, 1.807) is 47.4 Å². The Kier molecular flexibility index (Phi) is 6.43. The van der Waals surface area contributed by atoms with Crippen molar-refractivity contribution in [3.63, 3.8) is 0 Å². The molecule has 144 valence electrons. The lowest BCUT2D eigenvalue weighted by molar-refractivity contribution is 0.0518. The van der Waals surface area contributed by atoms with Crippen molar-refractivity contribution in [2.24, 2.45) is 0 Å². The first-order valence-electron chi connectivity index (χ1n) is 9.00. The van der Waals surface area contributed by atoms with E-state index in [0.29, 0.717) is 49.9 Å².